The predicted octanol–water partition coefficient (Wildman–Crippen LogP) is 1.88. The smallest absolute Gasteiger partial charge is 0.354 e. The third-order valence-electron chi connectivity index (χ3n) is 2.98. The molecule has 0 bridgehead atoms. The number of carbonyl (C=O) groups is 1. The minimum Gasteiger partial charge on any atom is -0.477 e. The van der Waals surface area contributed by atoms with Crippen LogP contribution < -0.4 is 9.64 Å². The first-order valence-electron chi connectivity index (χ1n) is 5.52. The number of carboxylic acids is 1. The molecule has 6 heteroatoms. The zero-order valence-electron chi connectivity index (χ0n) is 9.71. The van der Waals surface area contributed by atoms with E-state index in [1.54, 1.807) is 18.5 Å². The molecule has 3 heterocycles. The van der Waals surface area contributed by atoms with E-state index < -0.39 is 5.97 Å². The van der Waals surface area contributed by atoms with Crippen LogP contribution in [0.15, 0.2) is 29.0 Å². The van der Waals surface area contributed by atoms with Crippen LogP contribution in [0, 0.1) is 0 Å². The fraction of sp³-hybridized carbons (Fsp3) is 0.250. The highest BCUT2D eigenvalue weighted by atomic mass is 16.5. The molecule has 0 radical (unpaired) electrons. The van der Waals surface area contributed by atoms with Gasteiger partial charge < -0.3 is 24.1 Å². The van der Waals surface area contributed by atoms with Gasteiger partial charge in [-0.1, -0.05) is 0 Å². The van der Waals surface area contributed by atoms with Gasteiger partial charge in [-0.3, -0.25) is 0 Å². The summed E-state index contributed by atoms with van der Waals surface area (Å²) in [7, 11) is 1.83. The minimum atomic E-state index is -0.997. The highest BCUT2D eigenvalue weighted by molar-refractivity contribution is 5.94. The van der Waals surface area contributed by atoms with E-state index >= 15 is 0 Å². The van der Waals surface area contributed by atoms with Gasteiger partial charge >= 0.3 is 5.97 Å². The maximum Gasteiger partial charge on any atom is 0.354 e. The number of rotatable bonds is 2. The molecule has 94 valence electrons. The molecule has 0 aromatic carbocycles. The number of nitrogens with one attached hydrogen (secondary N) is 1. The van der Waals surface area contributed by atoms with Crippen LogP contribution >= 0.6 is 0 Å². The van der Waals surface area contributed by atoms with Crippen LogP contribution in [0.5, 0.6) is 5.75 Å². The standard InChI is InChI=1S/C12H12N2O4/c1-14-6-9(7-3-2-4-17-7)18-8-5-13-10(11(8)14)12(15)16/h2-5,9,13H,6H2,1H3,(H,15,16). The quantitative estimate of drug-likeness (QED) is 0.848. The van der Waals surface area contributed by atoms with Crippen molar-refractivity contribution in [2.24, 2.45) is 0 Å². The molecule has 1 aliphatic rings. The van der Waals surface area contributed by atoms with Gasteiger partial charge in [0.1, 0.15) is 11.4 Å². The maximum absolute atomic E-state index is 11.1. The van der Waals surface area contributed by atoms with E-state index in [9.17, 15) is 4.79 Å². The van der Waals surface area contributed by atoms with Crippen molar-refractivity contribution in [2.75, 3.05) is 18.5 Å². The molecule has 18 heavy (non-hydrogen) atoms. The van der Waals surface area contributed by atoms with E-state index in [0.29, 0.717) is 18.0 Å². The van der Waals surface area contributed by atoms with Crippen LogP contribution in [-0.4, -0.2) is 29.7 Å². The Bertz CT molecular complexity index is 573. The summed E-state index contributed by atoms with van der Waals surface area (Å²) in [5, 5.41) is 9.07. The summed E-state index contributed by atoms with van der Waals surface area (Å²) in [6, 6.07) is 3.64. The molecular formula is C12H12N2O4. The Morgan fingerprint density at radius 3 is 3.11 bits per heavy atom. The number of furan rings is 1. The van der Waals surface area contributed by atoms with Gasteiger partial charge in [-0.2, -0.15) is 0 Å². The molecule has 0 amide bonds. The van der Waals surface area contributed by atoms with Gasteiger partial charge in [0.05, 0.1) is 12.8 Å². The van der Waals surface area contributed by atoms with E-state index in [4.69, 9.17) is 14.3 Å². The largest absolute Gasteiger partial charge is 0.477 e. The average molecular weight is 248 g/mol. The summed E-state index contributed by atoms with van der Waals surface area (Å²) < 4.78 is 11.1. The highest BCUT2D eigenvalue weighted by Crippen LogP contribution is 2.39. The Labute approximate surface area is 103 Å². The first-order chi connectivity index (χ1) is 8.66. The summed E-state index contributed by atoms with van der Waals surface area (Å²) in [5.74, 6) is 0.260. The number of carboxylic acid groups (broad SMARTS) is 1. The molecule has 6 nitrogen and oxygen atoms in total. The third kappa shape index (κ3) is 1.54. The number of aromatic nitrogens is 1. The number of likely N-dealkylation sites (N-methyl/N-ethyl adjacent to an activating group) is 1. The third-order valence-corrected chi connectivity index (χ3v) is 2.98. The number of hydrogen-bond acceptors (Lipinski definition) is 4. The number of nitrogens with zero attached hydrogens (tertiary/aromatic N) is 1. The second-order valence-corrected chi connectivity index (χ2v) is 4.18. The second-order valence-electron chi connectivity index (χ2n) is 4.18. The van der Waals surface area contributed by atoms with Gasteiger partial charge in [-0.15, -0.1) is 0 Å². The Balaban J connectivity index is 1.97. The zero-order chi connectivity index (χ0) is 12.7. The van der Waals surface area contributed by atoms with Crippen LogP contribution in [0.25, 0.3) is 0 Å². The SMILES string of the molecule is CN1CC(c2ccco2)Oc2c[nH]c(C(=O)O)c21. The van der Waals surface area contributed by atoms with Crippen LogP contribution in [0.4, 0.5) is 5.69 Å². The fourth-order valence-electron chi connectivity index (χ4n) is 2.18. The van der Waals surface area contributed by atoms with Crippen molar-refractivity contribution < 1.29 is 19.1 Å². The van der Waals surface area contributed by atoms with Gasteiger partial charge in [-0.25, -0.2) is 4.79 Å². The Kier molecular flexibility index (Phi) is 2.29. The van der Waals surface area contributed by atoms with Crippen LogP contribution in [0.2, 0.25) is 0 Å². The molecule has 1 aliphatic heterocycles. The lowest BCUT2D eigenvalue weighted by molar-refractivity contribution is 0.0691. The number of aromatic amines is 1. The first kappa shape index (κ1) is 10.8. The molecule has 0 fully saturated rings. The molecule has 0 saturated heterocycles. The molecule has 2 aromatic heterocycles. The summed E-state index contributed by atoms with van der Waals surface area (Å²) >= 11 is 0. The van der Waals surface area contributed by atoms with Crippen molar-refractivity contribution in [1.29, 1.82) is 0 Å². The zero-order valence-corrected chi connectivity index (χ0v) is 9.71. The lowest BCUT2D eigenvalue weighted by Crippen LogP contribution is -2.32. The molecule has 0 aliphatic carbocycles. The number of ether oxygens (including phenoxy) is 1. The van der Waals surface area contributed by atoms with Gasteiger partial charge in [-0.05, 0) is 12.1 Å². The second kappa shape index (κ2) is 3.83. The Hall–Kier alpha value is -2.37. The lowest BCUT2D eigenvalue weighted by Gasteiger charge is -2.31. The van der Waals surface area contributed by atoms with Crippen molar-refractivity contribution in [3.05, 3.63) is 36.0 Å². The molecule has 2 N–H and O–H groups in total. The van der Waals surface area contributed by atoms with Crippen LogP contribution in [0.3, 0.4) is 0 Å². The Morgan fingerprint density at radius 1 is 1.61 bits per heavy atom. The number of aromatic carboxylic acids is 1. The molecule has 1 atom stereocenters. The van der Waals surface area contributed by atoms with E-state index in [2.05, 4.69) is 4.98 Å². The maximum atomic E-state index is 11.1. The first-order valence-corrected chi connectivity index (χ1v) is 5.52. The van der Waals surface area contributed by atoms with Gasteiger partial charge in [0.2, 0.25) is 0 Å². The number of anilines is 1. The topological polar surface area (TPSA) is 78.7 Å². The van der Waals surface area contributed by atoms with Crippen LogP contribution in [-0.2, 0) is 0 Å². The van der Waals surface area contributed by atoms with Crippen molar-refractivity contribution in [3.8, 4) is 5.75 Å². The van der Waals surface area contributed by atoms with E-state index in [1.165, 1.54) is 0 Å². The van der Waals surface area contributed by atoms with Crippen molar-refractivity contribution >= 4 is 11.7 Å². The molecule has 1 unspecified atom stereocenters. The van der Waals surface area contributed by atoms with Gasteiger partial charge in [0.25, 0.3) is 0 Å². The van der Waals surface area contributed by atoms with E-state index in [1.807, 2.05) is 18.0 Å². The average Bonchev–Trinajstić information content (AvgIpc) is 2.97. The summed E-state index contributed by atoms with van der Waals surface area (Å²) in [4.78, 5) is 15.6. The number of hydrogen-bond donors (Lipinski definition) is 2. The summed E-state index contributed by atoms with van der Waals surface area (Å²) in [6.07, 6.45) is 2.92. The van der Waals surface area contributed by atoms with Crippen molar-refractivity contribution in [2.45, 2.75) is 6.10 Å². The van der Waals surface area contributed by atoms with E-state index in [0.717, 1.165) is 5.76 Å². The lowest BCUT2D eigenvalue weighted by atomic mass is 10.2. The minimum absolute atomic E-state index is 0.144. The van der Waals surface area contributed by atoms with E-state index in [-0.39, 0.29) is 11.8 Å². The highest BCUT2D eigenvalue weighted by Gasteiger charge is 2.31. The number of H-pyrrole nitrogens is 1. The van der Waals surface area contributed by atoms with Gasteiger partial charge in [0, 0.05) is 13.2 Å². The van der Waals surface area contributed by atoms with Gasteiger partial charge in [0.15, 0.2) is 17.5 Å². The fourth-order valence-corrected chi connectivity index (χ4v) is 2.18. The molecule has 2 aromatic rings. The normalized spacial score (nSPS) is 18.3. The van der Waals surface area contributed by atoms with Crippen molar-refractivity contribution in [3.63, 3.8) is 0 Å². The summed E-state index contributed by atoms with van der Waals surface area (Å²) in [6.45, 7) is 0.540. The predicted molar refractivity (Wildman–Crippen MR) is 63.1 cm³/mol. The monoisotopic (exact) mass is 248 g/mol. The summed E-state index contributed by atoms with van der Waals surface area (Å²) in [5.41, 5.74) is 0.718. The molecule has 0 saturated carbocycles. The molecular weight excluding hydrogens is 236 g/mol. The molecule has 3 rings (SSSR count). The number of fused-ring (bicyclic) bond motifs is 1. The Morgan fingerprint density at radius 2 is 2.44 bits per heavy atom. The van der Waals surface area contributed by atoms with Crippen LogP contribution in [0.1, 0.15) is 22.4 Å². The molecule has 0 spiro atoms. The van der Waals surface area contributed by atoms with Crippen molar-refractivity contribution in [1.82, 2.24) is 4.98 Å².